The zero-order valence-electron chi connectivity index (χ0n) is 12.2. The summed E-state index contributed by atoms with van der Waals surface area (Å²) in [6, 6.07) is 11.0. The molecule has 2 heterocycles. The highest BCUT2D eigenvalue weighted by Gasteiger charge is 2.24. The van der Waals surface area contributed by atoms with E-state index in [1.54, 1.807) is 18.4 Å². The number of amides is 1. The van der Waals surface area contributed by atoms with Crippen molar-refractivity contribution in [1.82, 2.24) is 4.90 Å². The third-order valence-electron chi connectivity index (χ3n) is 4.24. The Labute approximate surface area is 143 Å². The van der Waals surface area contributed by atoms with Crippen LogP contribution in [0, 0.1) is 0 Å². The van der Waals surface area contributed by atoms with Crippen molar-refractivity contribution in [2.45, 2.75) is 13.0 Å². The molecule has 0 N–H and O–H groups in total. The number of rotatable bonds is 1. The molecule has 0 bridgehead atoms. The summed E-state index contributed by atoms with van der Waals surface area (Å²) < 4.78 is 5.38. The standard InChI is InChI=1S/C18H13Cl2NO2/c19-14-7-13-10-21(5-3-15(13)16(20)9-14)18(22)12-2-1-11-4-6-23-17(11)8-12/h1-2,4,6-9H,3,5,10H2. The summed E-state index contributed by atoms with van der Waals surface area (Å²) in [7, 11) is 0. The number of benzene rings is 2. The fraction of sp³-hybridized carbons (Fsp3) is 0.167. The minimum Gasteiger partial charge on any atom is -0.464 e. The van der Waals surface area contributed by atoms with Gasteiger partial charge in [-0.1, -0.05) is 29.3 Å². The van der Waals surface area contributed by atoms with Gasteiger partial charge in [-0.05, 0) is 47.9 Å². The van der Waals surface area contributed by atoms with E-state index in [1.807, 2.05) is 29.2 Å². The average molecular weight is 346 g/mol. The zero-order chi connectivity index (χ0) is 16.0. The van der Waals surface area contributed by atoms with Crippen LogP contribution in [0.2, 0.25) is 10.0 Å². The summed E-state index contributed by atoms with van der Waals surface area (Å²) in [6.45, 7) is 1.16. The van der Waals surface area contributed by atoms with Crippen LogP contribution in [-0.4, -0.2) is 17.4 Å². The lowest BCUT2D eigenvalue weighted by Gasteiger charge is -2.29. The van der Waals surface area contributed by atoms with Gasteiger partial charge in [0.05, 0.1) is 6.26 Å². The molecular formula is C18H13Cl2NO2. The highest BCUT2D eigenvalue weighted by molar-refractivity contribution is 6.35. The van der Waals surface area contributed by atoms with Gasteiger partial charge < -0.3 is 9.32 Å². The Hall–Kier alpha value is -1.97. The summed E-state index contributed by atoms with van der Waals surface area (Å²) in [5, 5.41) is 2.26. The molecule has 0 fully saturated rings. The number of halogens is 2. The molecule has 1 aliphatic rings. The molecule has 1 amide bonds. The van der Waals surface area contributed by atoms with Crippen LogP contribution in [0.25, 0.3) is 11.0 Å². The molecule has 3 aromatic rings. The van der Waals surface area contributed by atoms with Crippen molar-refractivity contribution in [2.24, 2.45) is 0 Å². The van der Waals surface area contributed by atoms with E-state index in [9.17, 15) is 4.79 Å². The second-order valence-corrected chi connectivity index (χ2v) is 6.52. The van der Waals surface area contributed by atoms with Gasteiger partial charge in [0.15, 0.2) is 0 Å². The fourth-order valence-electron chi connectivity index (χ4n) is 3.05. The van der Waals surface area contributed by atoms with Crippen LogP contribution in [0.4, 0.5) is 0 Å². The van der Waals surface area contributed by atoms with Gasteiger partial charge >= 0.3 is 0 Å². The third kappa shape index (κ3) is 2.60. The molecule has 0 saturated carbocycles. The van der Waals surface area contributed by atoms with Gasteiger partial charge in [-0.3, -0.25) is 4.79 Å². The average Bonchev–Trinajstić information content (AvgIpc) is 3.01. The minimum absolute atomic E-state index is 0.00921. The number of fused-ring (bicyclic) bond motifs is 2. The highest BCUT2D eigenvalue weighted by Crippen LogP contribution is 2.30. The lowest BCUT2D eigenvalue weighted by atomic mass is 9.99. The molecule has 4 rings (SSSR count). The lowest BCUT2D eigenvalue weighted by molar-refractivity contribution is 0.0735. The van der Waals surface area contributed by atoms with Gasteiger partial charge in [-0.15, -0.1) is 0 Å². The van der Waals surface area contributed by atoms with E-state index in [4.69, 9.17) is 27.6 Å². The van der Waals surface area contributed by atoms with E-state index in [-0.39, 0.29) is 5.91 Å². The number of carbonyl (C=O) groups is 1. The van der Waals surface area contributed by atoms with Crippen LogP contribution in [-0.2, 0) is 13.0 Å². The first-order chi connectivity index (χ1) is 11.1. The molecule has 116 valence electrons. The molecule has 2 aromatic carbocycles. The third-order valence-corrected chi connectivity index (χ3v) is 4.79. The van der Waals surface area contributed by atoms with Crippen LogP contribution < -0.4 is 0 Å². The molecular weight excluding hydrogens is 333 g/mol. The van der Waals surface area contributed by atoms with Crippen molar-refractivity contribution in [3.63, 3.8) is 0 Å². The molecule has 1 aromatic heterocycles. The first-order valence-electron chi connectivity index (χ1n) is 7.35. The van der Waals surface area contributed by atoms with E-state index < -0.39 is 0 Å². The Morgan fingerprint density at radius 3 is 2.87 bits per heavy atom. The lowest BCUT2D eigenvalue weighted by Crippen LogP contribution is -2.36. The van der Waals surface area contributed by atoms with E-state index in [1.165, 1.54) is 0 Å². The molecule has 0 saturated heterocycles. The Bertz CT molecular complexity index is 917. The van der Waals surface area contributed by atoms with Crippen LogP contribution in [0.1, 0.15) is 21.5 Å². The van der Waals surface area contributed by atoms with Crippen molar-refractivity contribution < 1.29 is 9.21 Å². The predicted molar refractivity (Wildman–Crippen MR) is 91.1 cm³/mol. The summed E-state index contributed by atoms with van der Waals surface area (Å²) >= 11 is 12.3. The molecule has 0 radical (unpaired) electrons. The van der Waals surface area contributed by atoms with Crippen molar-refractivity contribution in [3.8, 4) is 0 Å². The highest BCUT2D eigenvalue weighted by atomic mass is 35.5. The molecule has 0 atom stereocenters. The van der Waals surface area contributed by atoms with Crippen molar-refractivity contribution in [3.05, 3.63) is 69.4 Å². The molecule has 3 nitrogen and oxygen atoms in total. The Morgan fingerprint density at radius 1 is 1.13 bits per heavy atom. The van der Waals surface area contributed by atoms with Gasteiger partial charge in [0.25, 0.3) is 5.91 Å². The second-order valence-electron chi connectivity index (χ2n) is 5.68. The summed E-state index contributed by atoms with van der Waals surface area (Å²) in [6.07, 6.45) is 2.36. The fourth-order valence-corrected chi connectivity index (χ4v) is 3.68. The Kier molecular flexibility index (Phi) is 3.55. The number of hydrogen-bond donors (Lipinski definition) is 0. The van der Waals surface area contributed by atoms with E-state index in [0.717, 1.165) is 28.5 Å². The zero-order valence-corrected chi connectivity index (χ0v) is 13.7. The van der Waals surface area contributed by atoms with Gasteiger partial charge in [0, 0.05) is 34.1 Å². The van der Waals surface area contributed by atoms with Gasteiger partial charge in [0.2, 0.25) is 0 Å². The summed E-state index contributed by atoms with van der Waals surface area (Å²) in [4.78, 5) is 14.6. The van der Waals surface area contributed by atoms with E-state index in [2.05, 4.69) is 0 Å². The van der Waals surface area contributed by atoms with Crippen molar-refractivity contribution >= 4 is 40.1 Å². The Balaban J connectivity index is 1.64. The topological polar surface area (TPSA) is 33.5 Å². The number of carbonyl (C=O) groups excluding carboxylic acids is 1. The van der Waals surface area contributed by atoms with Crippen molar-refractivity contribution in [2.75, 3.05) is 6.54 Å². The molecule has 0 aliphatic carbocycles. The van der Waals surface area contributed by atoms with E-state index >= 15 is 0 Å². The van der Waals surface area contributed by atoms with E-state index in [0.29, 0.717) is 28.7 Å². The second kappa shape index (κ2) is 5.59. The maximum Gasteiger partial charge on any atom is 0.254 e. The maximum atomic E-state index is 12.8. The summed E-state index contributed by atoms with van der Waals surface area (Å²) in [5.74, 6) is -0.00921. The number of furan rings is 1. The Morgan fingerprint density at radius 2 is 2.00 bits per heavy atom. The number of hydrogen-bond acceptors (Lipinski definition) is 2. The molecule has 23 heavy (non-hydrogen) atoms. The summed E-state index contributed by atoms with van der Waals surface area (Å²) in [5.41, 5.74) is 3.45. The van der Waals surface area contributed by atoms with Crippen LogP contribution in [0.15, 0.2) is 47.1 Å². The largest absolute Gasteiger partial charge is 0.464 e. The van der Waals surface area contributed by atoms with Gasteiger partial charge in [0.1, 0.15) is 5.58 Å². The molecule has 1 aliphatic heterocycles. The molecule has 0 unspecified atom stereocenters. The van der Waals surface area contributed by atoms with Crippen LogP contribution >= 0.6 is 23.2 Å². The monoisotopic (exact) mass is 345 g/mol. The smallest absolute Gasteiger partial charge is 0.254 e. The minimum atomic E-state index is -0.00921. The van der Waals surface area contributed by atoms with Crippen molar-refractivity contribution in [1.29, 1.82) is 0 Å². The predicted octanol–water partition coefficient (Wildman–Crippen LogP) is 4.94. The first kappa shape index (κ1) is 14.6. The number of nitrogens with zero attached hydrogens (tertiary/aromatic N) is 1. The van der Waals surface area contributed by atoms with Gasteiger partial charge in [-0.25, -0.2) is 0 Å². The quantitative estimate of drug-likeness (QED) is 0.625. The van der Waals surface area contributed by atoms with Crippen LogP contribution in [0.5, 0.6) is 0 Å². The van der Waals surface area contributed by atoms with Crippen LogP contribution in [0.3, 0.4) is 0 Å². The van der Waals surface area contributed by atoms with Gasteiger partial charge in [-0.2, -0.15) is 0 Å². The normalized spacial score (nSPS) is 14.1. The molecule has 0 spiro atoms. The maximum absolute atomic E-state index is 12.8. The first-order valence-corrected chi connectivity index (χ1v) is 8.11. The SMILES string of the molecule is O=C(c1ccc2ccoc2c1)N1CCc2c(Cl)cc(Cl)cc2C1. The molecule has 5 heteroatoms.